The minimum Gasteiger partial charge on any atom is -0.490 e. The van der Waals surface area contributed by atoms with Crippen LogP contribution in [0.1, 0.15) is 24.9 Å². The summed E-state index contributed by atoms with van der Waals surface area (Å²) in [4.78, 5) is 0. The maximum atomic E-state index is 6.08. The van der Waals surface area contributed by atoms with Crippen molar-refractivity contribution in [3.63, 3.8) is 0 Å². The van der Waals surface area contributed by atoms with Gasteiger partial charge in [-0.15, -0.1) is 0 Å². The Morgan fingerprint density at radius 2 is 1.55 bits per heavy atom. The lowest BCUT2D eigenvalue weighted by atomic mass is 10.0. The molecular weight excluding hydrogens is 250 g/mol. The summed E-state index contributed by atoms with van der Waals surface area (Å²) in [7, 11) is 0. The highest BCUT2D eigenvalue weighted by molar-refractivity contribution is 5.35. The summed E-state index contributed by atoms with van der Waals surface area (Å²) >= 11 is 0. The standard InChI is InChI=1S/C17H21NO2/c1-2-16(18)15-10-6-7-11-17(15)20-13-12-19-14-8-4-3-5-9-14/h3-11,16H,2,12-13,18H2,1H3. The van der Waals surface area contributed by atoms with Crippen LogP contribution in [0.3, 0.4) is 0 Å². The average molecular weight is 271 g/mol. The van der Waals surface area contributed by atoms with Gasteiger partial charge in [0.25, 0.3) is 0 Å². The van der Waals surface area contributed by atoms with Crippen molar-refractivity contribution in [2.45, 2.75) is 19.4 Å². The fraction of sp³-hybridized carbons (Fsp3) is 0.294. The van der Waals surface area contributed by atoms with Gasteiger partial charge in [-0.25, -0.2) is 0 Å². The second-order valence-electron chi connectivity index (χ2n) is 4.56. The van der Waals surface area contributed by atoms with E-state index < -0.39 is 0 Å². The number of nitrogens with two attached hydrogens (primary N) is 1. The normalized spacial score (nSPS) is 11.9. The third kappa shape index (κ3) is 4.00. The molecule has 0 bridgehead atoms. The van der Waals surface area contributed by atoms with Crippen LogP contribution in [0.15, 0.2) is 54.6 Å². The van der Waals surface area contributed by atoms with Gasteiger partial charge in [-0.05, 0) is 24.6 Å². The Kier molecular flexibility index (Phi) is 5.44. The lowest BCUT2D eigenvalue weighted by molar-refractivity contribution is 0.215. The van der Waals surface area contributed by atoms with E-state index in [4.69, 9.17) is 15.2 Å². The Balaban J connectivity index is 1.85. The Bertz CT molecular complexity index is 513. The molecule has 1 atom stereocenters. The van der Waals surface area contributed by atoms with Crippen LogP contribution >= 0.6 is 0 Å². The molecule has 0 fully saturated rings. The summed E-state index contributed by atoms with van der Waals surface area (Å²) in [5.41, 5.74) is 7.13. The van der Waals surface area contributed by atoms with Crippen molar-refractivity contribution in [1.82, 2.24) is 0 Å². The van der Waals surface area contributed by atoms with Crippen LogP contribution in [-0.2, 0) is 0 Å². The Hall–Kier alpha value is -2.00. The molecular formula is C17H21NO2. The summed E-state index contributed by atoms with van der Waals surface area (Å²) in [5.74, 6) is 1.70. The van der Waals surface area contributed by atoms with Crippen molar-refractivity contribution < 1.29 is 9.47 Å². The zero-order chi connectivity index (χ0) is 14.2. The predicted octanol–water partition coefficient (Wildman–Crippen LogP) is 3.55. The van der Waals surface area contributed by atoms with E-state index in [1.807, 2.05) is 54.6 Å². The van der Waals surface area contributed by atoms with Gasteiger partial charge in [0.15, 0.2) is 0 Å². The molecule has 0 aromatic heterocycles. The lowest BCUT2D eigenvalue weighted by Gasteiger charge is -2.15. The third-order valence-electron chi connectivity index (χ3n) is 3.11. The van der Waals surface area contributed by atoms with Crippen molar-refractivity contribution in [2.24, 2.45) is 5.73 Å². The smallest absolute Gasteiger partial charge is 0.124 e. The molecule has 2 N–H and O–H groups in total. The molecule has 2 aromatic rings. The van der Waals surface area contributed by atoms with Crippen LogP contribution in [-0.4, -0.2) is 13.2 Å². The predicted molar refractivity (Wildman–Crippen MR) is 81.1 cm³/mol. The summed E-state index contributed by atoms with van der Waals surface area (Å²) in [6.45, 7) is 3.09. The molecule has 0 heterocycles. The lowest BCUT2D eigenvalue weighted by Crippen LogP contribution is -2.13. The second-order valence-corrected chi connectivity index (χ2v) is 4.56. The van der Waals surface area contributed by atoms with E-state index in [1.165, 1.54) is 0 Å². The van der Waals surface area contributed by atoms with Gasteiger partial charge < -0.3 is 15.2 Å². The maximum Gasteiger partial charge on any atom is 0.124 e. The van der Waals surface area contributed by atoms with Gasteiger partial charge in [0, 0.05) is 11.6 Å². The van der Waals surface area contributed by atoms with E-state index in [0.29, 0.717) is 13.2 Å². The van der Waals surface area contributed by atoms with Gasteiger partial charge >= 0.3 is 0 Å². The van der Waals surface area contributed by atoms with Gasteiger partial charge in [0.05, 0.1) is 0 Å². The van der Waals surface area contributed by atoms with Crippen LogP contribution in [0.4, 0.5) is 0 Å². The van der Waals surface area contributed by atoms with E-state index >= 15 is 0 Å². The summed E-state index contributed by atoms with van der Waals surface area (Å²) in [6.07, 6.45) is 0.890. The summed E-state index contributed by atoms with van der Waals surface area (Å²) in [6, 6.07) is 17.7. The van der Waals surface area contributed by atoms with E-state index in [9.17, 15) is 0 Å². The number of rotatable bonds is 7. The number of hydrogen-bond acceptors (Lipinski definition) is 3. The molecule has 20 heavy (non-hydrogen) atoms. The minimum absolute atomic E-state index is 0.0150. The maximum absolute atomic E-state index is 6.08. The van der Waals surface area contributed by atoms with Crippen molar-refractivity contribution in [2.75, 3.05) is 13.2 Å². The Labute approximate surface area is 120 Å². The highest BCUT2D eigenvalue weighted by atomic mass is 16.5. The number of ether oxygens (including phenoxy) is 2. The molecule has 106 valence electrons. The number of benzene rings is 2. The SMILES string of the molecule is CCC(N)c1ccccc1OCCOc1ccccc1. The van der Waals surface area contributed by atoms with E-state index in [-0.39, 0.29) is 6.04 Å². The van der Waals surface area contributed by atoms with E-state index in [2.05, 4.69) is 6.92 Å². The van der Waals surface area contributed by atoms with Crippen LogP contribution in [0.25, 0.3) is 0 Å². The highest BCUT2D eigenvalue weighted by Gasteiger charge is 2.09. The molecule has 2 aromatic carbocycles. The van der Waals surface area contributed by atoms with Crippen LogP contribution < -0.4 is 15.2 Å². The van der Waals surface area contributed by atoms with Crippen molar-refractivity contribution in [3.8, 4) is 11.5 Å². The summed E-state index contributed by atoms with van der Waals surface area (Å²) in [5, 5.41) is 0. The van der Waals surface area contributed by atoms with E-state index in [1.54, 1.807) is 0 Å². The molecule has 0 amide bonds. The van der Waals surface area contributed by atoms with Crippen LogP contribution in [0, 0.1) is 0 Å². The fourth-order valence-electron chi connectivity index (χ4n) is 1.97. The molecule has 0 aliphatic heterocycles. The third-order valence-corrected chi connectivity index (χ3v) is 3.11. The van der Waals surface area contributed by atoms with Gasteiger partial charge in [-0.2, -0.15) is 0 Å². The molecule has 0 aliphatic rings. The zero-order valence-corrected chi connectivity index (χ0v) is 11.8. The Morgan fingerprint density at radius 3 is 2.30 bits per heavy atom. The molecule has 3 nitrogen and oxygen atoms in total. The number of para-hydroxylation sites is 2. The molecule has 0 spiro atoms. The van der Waals surface area contributed by atoms with Gasteiger partial charge in [0.2, 0.25) is 0 Å². The molecule has 1 unspecified atom stereocenters. The van der Waals surface area contributed by atoms with Crippen molar-refractivity contribution in [3.05, 3.63) is 60.2 Å². The average Bonchev–Trinajstić information content (AvgIpc) is 2.52. The highest BCUT2D eigenvalue weighted by Crippen LogP contribution is 2.25. The fourth-order valence-corrected chi connectivity index (χ4v) is 1.97. The first-order chi connectivity index (χ1) is 9.81. The quantitative estimate of drug-likeness (QED) is 0.783. The zero-order valence-electron chi connectivity index (χ0n) is 11.8. The van der Waals surface area contributed by atoms with Gasteiger partial charge in [-0.1, -0.05) is 43.3 Å². The first-order valence-electron chi connectivity index (χ1n) is 6.96. The molecule has 0 aliphatic carbocycles. The van der Waals surface area contributed by atoms with Crippen molar-refractivity contribution in [1.29, 1.82) is 0 Å². The largest absolute Gasteiger partial charge is 0.490 e. The van der Waals surface area contributed by atoms with Gasteiger partial charge in [0.1, 0.15) is 24.7 Å². The van der Waals surface area contributed by atoms with Crippen LogP contribution in [0.2, 0.25) is 0 Å². The molecule has 0 radical (unpaired) electrons. The number of hydrogen-bond donors (Lipinski definition) is 1. The first kappa shape index (κ1) is 14.4. The minimum atomic E-state index is 0.0150. The van der Waals surface area contributed by atoms with E-state index in [0.717, 1.165) is 23.5 Å². The molecule has 0 saturated carbocycles. The topological polar surface area (TPSA) is 44.5 Å². The second kappa shape index (κ2) is 7.56. The monoisotopic (exact) mass is 271 g/mol. The molecule has 3 heteroatoms. The summed E-state index contributed by atoms with van der Waals surface area (Å²) < 4.78 is 11.4. The first-order valence-corrected chi connectivity index (χ1v) is 6.96. The van der Waals surface area contributed by atoms with Crippen molar-refractivity contribution >= 4 is 0 Å². The molecule has 0 saturated heterocycles. The Morgan fingerprint density at radius 1 is 0.900 bits per heavy atom. The molecule has 2 rings (SSSR count). The van der Waals surface area contributed by atoms with Crippen LogP contribution in [0.5, 0.6) is 11.5 Å². The van der Waals surface area contributed by atoms with Gasteiger partial charge in [-0.3, -0.25) is 0 Å².